The lowest BCUT2D eigenvalue weighted by molar-refractivity contribution is -0.143. The molecule has 5 nitrogen and oxygen atoms in total. The maximum atomic E-state index is 13.4. The SMILES string of the molecule is CCOC(=O)CCCn1c(N)nc2cc(F)c(Br)cc21. The number of hydrogen-bond donors (Lipinski definition) is 1. The zero-order valence-corrected chi connectivity index (χ0v) is 12.6. The predicted octanol–water partition coefficient (Wildman–Crippen LogP) is 2.86. The molecular formula is C13H15BrFN3O2. The molecule has 0 atom stereocenters. The van der Waals surface area contributed by atoms with E-state index in [1.807, 2.05) is 0 Å². The molecule has 0 radical (unpaired) electrons. The highest BCUT2D eigenvalue weighted by molar-refractivity contribution is 9.10. The largest absolute Gasteiger partial charge is 0.466 e. The number of hydrogen-bond acceptors (Lipinski definition) is 4. The van der Waals surface area contributed by atoms with Crippen LogP contribution in [0.1, 0.15) is 19.8 Å². The number of benzene rings is 1. The van der Waals surface area contributed by atoms with Crippen molar-refractivity contribution in [2.24, 2.45) is 0 Å². The molecule has 0 saturated carbocycles. The summed E-state index contributed by atoms with van der Waals surface area (Å²) in [4.78, 5) is 15.4. The molecule has 1 aromatic carbocycles. The van der Waals surface area contributed by atoms with E-state index in [0.717, 1.165) is 5.52 Å². The predicted molar refractivity (Wildman–Crippen MR) is 77.7 cm³/mol. The van der Waals surface area contributed by atoms with E-state index in [1.165, 1.54) is 6.07 Å². The molecule has 0 saturated heterocycles. The summed E-state index contributed by atoms with van der Waals surface area (Å²) in [7, 11) is 0. The van der Waals surface area contributed by atoms with Crippen LogP contribution in [-0.4, -0.2) is 22.1 Å². The van der Waals surface area contributed by atoms with Gasteiger partial charge in [-0.25, -0.2) is 9.37 Å². The van der Waals surface area contributed by atoms with Gasteiger partial charge in [-0.15, -0.1) is 0 Å². The molecule has 1 aromatic heterocycles. The highest BCUT2D eigenvalue weighted by Crippen LogP contribution is 2.25. The van der Waals surface area contributed by atoms with Crippen molar-refractivity contribution < 1.29 is 13.9 Å². The number of carbonyl (C=O) groups excluding carboxylic acids is 1. The van der Waals surface area contributed by atoms with Crippen molar-refractivity contribution in [3.8, 4) is 0 Å². The van der Waals surface area contributed by atoms with E-state index in [1.54, 1.807) is 17.6 Å². The maximum Gasteiger partial charge on any atom is 0.305 e. The number of rotatable bonds is 5. The third-order valence-electron chi connectivity index (χ3n) is 2.89. The van der Waals surface area contributed by atoms with Crippen molar-refractivity contribution in [2.75, 3.05) is 12.3 Å². The Labute approximate surface area is 124 Å². The van der Waals surface area contributed by atoms with E-state index in [-0.39, 0.29) is 11.8 Å². The molecule has 0 spiro atoms. The summed E-state index contributed by atoms with van der Waals surface area (Å²) in [6, 6.07) is 2.97. The standard InChI is InChI=1S/C13H15BrFN3O2/c1-2-20-12(19)4-3-5-18-11-6-8(14)9(15)7-10(11)17-13(18)16/h6-7H,2-5H2,1H3,(H2,16,17). The van der Waals surface area contributed by atoms with Gasteiger partial charge >= 0.3 is 5.97 Å². The summed E-state index contributed by atoms with van der Waals surface area (Å²) in [6.45, 7) is 2.67. The monoisotopic (exact) mass is 343 g/mol. The number of aromatic nitrogens is 2. The van der Waals surface area contributed by atoms with Crippen LogP contribution >= 0.6 is 15.9 Å². The highest BCUT2D eigenvalue weighted by Gasteiger charge is 2.12. The first kappa shape index (κ1) is 14.8. The molecule has 0 bridgehead atoms. The molecule has 2 N–H and O–H groups in total. The Morgan fingerprint density at radius 3 is 3.00 bits per heavy atom. The van der Waals surface area contributed by atoms with Gasteiger partial charge in [-0.05, 0) is 35.3 Å². The second-order valence-corrected chi connectivity index (χ2v) is 5.14. The lowest BCUT2D eigenvalue weighted by Crippen LogP contribution is -2.08. The molecule has 2 aromatic rings. The lowest BCUT2D eigenvalue weighted by atomic mass is 10.3. The van der Waals surface area contributed by atoms with Crippen molar-refractivity contribution in [3.63, 3.8) is 0 Å². The smallest absolute Gasteiger partial charge is 0.305 e. The van der Waals surface area contributed by atoms with Crippen LogP contribution in [0.15, 0.2) is 16.6 Å². The molecule has 108 valence electrons. The van der Waals surface area contributed by atoms with Crippen LogP contribution in [0.3, 0.4) is 0 Å². The number of carbonyl (C=O) groups is 1. The van der Waals surface area contributed by atoms with Crippen molar-refractivity contribution in [1.82, 2.24) is 9.55 Å². The molecule has 0 aliphatic heterocycles. The van der Waals surface area contributed by atoms with Gasteiger partial charge in [0, 0.05) is 19.0 Å². The van der Waals surface area contributed by atoms with Gasteiger partial charge in [0.05, 0.1) is 22.1 Å². The maximum absolute atomic E-state index is 13.4. The van der Waals surface area contributed by atoms with Crippen LogP contribution in [0.2, 0.25) is 0 Å². The van der Waals surface area contributed by atoms with Crippen molar-refractivity contribution in [1.29, 1.82) is 0 Å². The third kappa shape index (κ3) is 3.09. The highest BCUT2D eigenvalue weighted by atomic mass is 79.9. The fraction of sp³-hybridized carbons (Fsp3) is 0.385. The minimum atomic E-state index is -0.381. The molecule has 0 amide bonds. The minimum Gasteiger partial charge on any atom is -0.466 e. The molecular weight excluding hydrogens is 329 g/mol. The van der Waals surface area contributed by atoms with Gasteiger partial charge in [0.15, 0.2) is 0 Å². The van der Waals surface area contributed by atoms with E-state index >= 15 is 0 Å². The average molecular weight is 344 g/mol. The Kier molecular flexibility index (Phi) is 4.59. The number of anilines is 1. The number of ether oxygens (including phenoxy) is 1. The number of halogens is 2. The molecule has 0 unspecified atom stereocenters. The van der Waals surface area contributed by atoms with Crippen molar-refractivity contribution in [2.45, 2.75) is 26.3 Å². The molecule has 1 heterocycles. The zero-order chi connectivity index (χ0) is 14.7. The summed E-state index contributed by atoms with van der Waals surface area (Å²) in [5.74, 6) is -0.308. The average Bonchev–Trinajstić information content (AvgIpc) is 2.67. The first-order valence-corrected chi connectivity index (χ1v) is 7.08. The number of imidazole rings is 1. The Bertz CT molecular complexity index is 642. The second-order valence-electron chi connectivity index (χ2n) is 4.29. The van der Waals surface area contributed by atoms with Crippen LogP contribution in [-0.2, 0) is 16.1 Å². The van der Waals surface area contributed by atoms with Crippen LogP contribution in [0.4, 0.5) is 10.3 Å². The molecule has 0 aliphatic rings. The quantitative estimate of drug-likeness (QED) is 0.847. The van der Waals surface area contributed by atoms with Crippen molar-refractivity contribution >= 4 is 38.9 Å². The Morgan fingerprint density at radius 1 is 1.55 bits per heavy atom. The number of nitrogen functional groups attached to an aromatic ring is 1. The van der Waals surface area contributed by atoms with E-state index in [9.17, 15) is 9.18 Å². The van der Waals surface area contributed by atoms with E-state index in [2.05, 4.69) is 20.9 Å². The van der Waals surface area contributed by atoms with Gasteiger partial charge in [0.2, 0.25) is 5.95 Å². The Balaban J connectivity index is 2.15. The van der Waals surface area contributed by atoms with Gasteiger partial charge in [-0.3, -0.25) is 4.79 Å². The summed E-state index contributed by atoms with van der Waals surface area (Å²) >= 11 is 3.14. The van der Waals surface area contributed by atoms with Gasteiger partial charge < -0.3 is 15.0 Å². The summed E-state index contributed by atoms with van der Waals surface area (Å²) in [6.07, 6.45) is 0.902. The molecule has 7 heteroatoms. The number of aryl methyl sites for hydroxylation is 1. The minimum absolute atomic E-state index is 0.234. The lowest BCUT2D eigenvalue weighted by Gasteiger charge is -2.06. The zero-order valence-electron chi connectivity index (χ0n) is 11.0. The normalized spacial score (nSPS) is 10.9. The first-order valence-electron chi connectivity index (χ1n) is 6.29. The molecule has 0 fully saturated rings. The Morgan fingerprint density at radius 2 is 2.30 bits per heavy atom. The first-order chi connectivity index (χ1) is 9.52. The van der Waals surface area contributed by atoms with Crippen LogP contribution in [0, 0.1) is 5.82 Å². The fourth-order valence-electron chi connectivity index (χ4n) is 1.99. The van der Waals surface area contributed by atoms with Gasteiger partial charge in [-0.1, -0.05) is 0 Å². The Hall–Kier alpha value is -1.63. The van der Waals surface area contributed by atoms with Crippen molar-refractivity contribution in [3.05, 3.63) is 22.4 Å². The second kappa shape index (κ2) is 6.21. The van der Waals surface area contributed by atoms with E-state index in [4.69, 9.17) is 10.5 Å². The van der Waals surface area contributed by atoms with Crippen LogP contribution in [0.25, 0.3) is 11.0 Å². The number of nitrogens with zero attached hydrogens (tertiary/aromatic N) is 2. The molecule has 20 heavy (non-hydrogen) atoms. The van der Waals surface area contributed by atoms with Crippen LogP contribution in [0.5, 0.6) is 0 Å². The van der Waals surface area contributed by atoms with Gasteiger partial charge in [0.25, 0.3) is 0 Å². The molecule has 2 rings (SSSR count). The summed E-state index contributed by atoms with van der Waals surface area (Å²) in [5, 5.41) is 0. The fourth-order valence-corrected chi connectivity index (χ4v) is 2.32. The number of fused-ring (bicyclic) bond motifs is 1. The molecule has 0 aliphatic carbocycles. The van der Waals surface area contributed by atoms with Crippen LogP contribution < -0.4 is 5.73 Å². The number of nitrogens with two attached hydrogens (primary N) is 1. The summed E-state index contributed by atoms with van der Waals surface area (Å²) in [5.41, 5.74) is 7.06. The number of esters is 1. The third-order valence-corrected chi connectivity index (χ3v) is 3.50. The van der Waals surface area contributed by atoms with Gasteiger partial charge in [0.1, 0.15) is 5.82 Å². The van der Waals surface area contributed by atoms with Gasteiger partial charge in [-0.2, -0.15) is 0 Å². The summed E-state index contributed by atoms with van der Waals surface area (Å²) < 4.78 is 20.4. The van der Waals surface area contributed by atoms with E-state index in [0.29, 0.717) is 41.9 Å². The van der Waals surface area contributed by atoms with E-state index < -0.39 is 0 Å². The topological polar surface area (TPSA) is 70.1 Å².